The number of amides is 1. The third-order valence-corrected chi connectivity index (χ3v) is 7.41. The molecule has 2 aliphatic heterocycles. The molecule has 33 heavy (non-hydrogen) atoms. The first-order valence-corrected chi connectivity index (χ1v) is 11.7. The Labute approximate surface area is 192 Å². The number of alkyl carbamates (subject to hydrolysis) is 1. The van der Waals surface area contributed by atoms with Crippen LogP contribution in [0.25, 0.3) is 5.65 Å². The Balaban J connectivity index is 1.23. The molecule has 4 heterocycles. The first kappa shape index (κ1) is 20.3. The van der Waals surface area contributed by atoms with E-state index < -0.39 is 0 Å². The third kappa shape index (κ3) is 3.55. The molecule has 9 nitrogen and oxygen atoms in total. The molecule has 1 aromatic carbocycles. The van der Waals surface area contributed by atoms with Gasteiger partial charge in [0.2, 0.25) is 5.95 Å². The van der Waals surface area contributed by atoms with E-state index in [1.54, 1.807) is 10.7 Å². The summed E-state index contributed by atoms with van der Waals surface area (Å²) >= 11 is 0. The van der Waals surface area contributed by atoms with Gasteiger partial charge in [-0.2, -0.15) is 4.98 Å². The summed E-state index contributed by atoms with van der Waals surface area (Å²) in [4.78, 5) is 23.1. The molecule has 2 aromatic heterocycles. The van der Waals surface area contributed by atoms with E-state index in [1.807, 2.05) is 6.20 Å². The van der Waals surface area contributed by atoms with Crippen molar-refractivity contribution in [1.29, 1.82) is 0 Å². The van der Waals surface area contributed by atoms with Crippen LogP contribution in [0.2, 0.25) is 0 Å². The second-order valence-corrected chi connectivity index (χ2v) is 10.1. The molecule has 0 bridgehead atoms. The molecule has 3 aromatic rings. The largest absolute Gasteiger partial charge is 0.441 e. The second-order valence-electron chi connectivity index (χ2n) is 10.1. The molecule has 3 aliphatic rings. The number of anilines is 3. The summed E-state index contributed by atoms with van der Waals surface area (Å²) in [6.45, 7) is 6.72. The fourth-order valence-corrected chi connectivity index (χ4v) is 5.51. The molecule has 172 valence electrons. The number of fused-ring (bicyclic) bond motifs is 2. The van der Waals surface area contributed by atoms with Crippen LogP contribution in [-0.4, -0.2) is 50.9 Å². The zero-order valence-corrected chi connectivity index (χ0v) is 19.1. The number of carbonyl (C=O) groups is 1. The second kappa shape index (κ2) is 7.33. The summed E-state index contributed by atoms with van der Waals surface area (Å²) in [6, 6.07) is 6.60. The molecule has 0 unspecified atom stereocenters. The molecule has 1 aliphatic carbocycles. The van der Waals surface area contributed by atoms with Crippen LogP contribution in [0.5, 0.6) is 0 Å². The van der Waals surface area contributed by atoms with Crippen LogP contribution >= 0.6 is 0 Å². The molecule has 0 radical (unpaired) electrons. The summed E-state index contributed by atoms with van der Waals surface area (Å²) in [5.41, 5.74) is 4.42. The molecule has 2 saturated heterocycles. The van der Waals surface area contributed by atoms with Gasteiger partial charge in [-0.1, -0.05) is 19.9 Å². The highest BCUT2D eigenvalue weighted by molar-refractivity contribution is 5.71. The molecule has 9 heteroatoms. The van der Waals surface area contributed by atoms with Gasteiger partial charge in [-0.25, -0.2) is 14.3 Å². The van der Waals surface area contributed by atoms with Gasteiger partial charge in [-0.05, 0) is 47.9 Å². The maximum atomic E-state index is 11.5. The zero-order valence-electron chi connectivity index (χ0n) is 19.1. The third-order valence-electron chi connectivity index (χ3n) is 7.41. The monoisotopic (exact) mass is 447 g/mol. The Morgan fingerprint density at radius 1 is 1.18 bits per heavy atom. The van der Waals surface area contributed by atoms with E-state index in [4.69, 9.17) is 9.72 Å². The fraction of sp³-hybridized carbons (Fsp3) is 0.500. The number of hydrogen-bond donors (Lipinski definition) is 2. The van der Waals surface area contributed by atoms with Crippen LogP contribution in [0.1, 0.15) is 50.7 Å². The molecule has 6 rings (SSSR count). The Morgan fingerprint density at radius 3 is 2.82 bits per heavy atom. The van der Waals surface area contributed by atoms with Crippen molar-refractivity contribution < 1.29 is 9.53 Å². The Morgan fingerprint density at radius 2 is 2.03 bits per heavy atom. The van der Waals surface area contributed by atoms with Gasteiger partial charge >= 0.3 is 6.09 Å². The van der Waals surface area contributed by atoms with Gasteiger partial charge in [-0.3, -0.25) is 0 Å². The van der Waals surface area contributed by atoms with Crippen molar-refractivity contribution in [3.63, 3.8) is 0 Å². The van der Waals surface area contributed by atoms with E-state index in [0.29, 0.717) is 12.5 Å². The lowest BCUT2D eigenvalue weighted by Gasteiger charge is -2.37. The highest BCUT2D eigenvalue weighted by Gasteiger charge is 2.43. The number of carbonyl (C=O) groups excluding carboxylic acids is 1. The van der Waals surface area contributed by atoms with Crippen LogP contribution in [0.3, 0.4) is 0 Å². The van der Waals surface area contributed by atoms with Crippen molar-refractivity contribution in [2.24, 2.45) is 0 Å². The number of aromatic nitrogens is 4. The van der Waals surface area contributed by atoms with E-state index >= 15 is 0 Å². The van der Waals surface area contributed by atoms with Gasteiger partial charge in [0.1, 0.15) is 5.60 Å². The first-order valence-electron chi connectivity index (χ1n) is 11.7. The minimum Gasteiger partial charge on any atom is -0.441 e. The number of benzene rings is 1. The van der Waals surface area contributed by atoms with E-state index in [-0.39, 0.29) is 17.1 Å². The average Bonchev–Trinajstić information content (AvgIpc) is 3.36. The molecular weight excluding hydrogens is 418 g/mol. The Hall–Kier alpha value is -3.36. The molecule has 0 saturated carbocycles. The molecule has 2 N–H and O–H groups in total. The molecule has 1 spiro atoms. The number of hydrogen-bond acceptors (Lipinski definition) is 7. The maximum absolute atomic E-state index is 11.5. The predicted octanol–water partition coefficient (Wildman–Crippen LogP) is 3.56. The summed E-state index contributed by atoms with van der Waals surface area (Å²) in [5.74, 6) is 1.36. The van der Waals surface area contributed by atoms with E-state index in [1.165, 1.54) is 24.0 Å². The molecule has 0 atom stereocenters. The minimum absolute atomic E-state index is 0.230. The highest BCUT2D eigenvalue weighted by Crippen LogP contribution is 2.38. The summed E-state index contributed by atoms with van der Waals surface area (Å²) in [7, 11) is 0. The lowest BCUT2D eigenvalue weighted by Crippen LogP contribution is -2.47. The quantitative estimate of drug-likeness (QED) is 0.634. The van der Waals surface area contributed by atoms with Gasteiger partial charge in [0.25, 0.3) is 0 Å². The lowest BCUT2D eigenvalue weighted by molar-refractivity contribution is 0.0366. The van der Waals surface area contributed by atoms with E-state index in [9.17, 15) is 4.79 Å². The van der Waals surface area contributed by atoms with Crippen LogP contribution < -0.4 is 15.5 Å². The molecule has 1 amide bonds. The van der Waals surface area contributed by atoms with Crippen molar-refractivity contribution >= 4 is 29.2 Å². The normalized spacial score (nSPS) is 21.0. The highest BCUT2D eigenvalue weighted by atomic mass is 16.6. The maximum Gasteiger partial charge on any atom is 0.407 e. The van der Waals surface area contributed by atoms with Crippen molar-refractivity contribution in [3.05, 3.63) is 41.7 Å². The minimum atomic E-state index is -0.389. The standard InChI is InChI=1S/C24H29N7O2/c1-23(2)7-3-4-16-14-17(5-6-18(16)23)27-21-28-20-19(25-10-13-31(20)29-21)30-11-8-24(9-12-30)15-26-22(32)33-24/h5-6,10,13-14H,3-4,7-9,11-12,15H2,1-2H3,(H,26,32)(H,27,29). The zero-order chi connectivity index (χ0) is 22.6. The summed E-state index contributed by atoms with van der Waals surface area (Å²) in [5, 5.41) is 10.8. The number of piperidine rings is 1. The van der Waals surface area contributed by atoms with Crippen molar-refractivity contribution in [2.45, 2.75) is 57.0 Å². The fourth-order valence-electron chi connectivity index (χ4n) is 5.51. The van der Waals surface area contributed by atoms with Crippen LogP contribution in [-0.2, 0) is 16.6 Å². The number of nitrogens with one attached hydrogen (secondary N) is 2. The van der Waals surface area contributed by atoms with Crippen LogP contribution in [0.15, 0.2) is 30.6 Å². The topological polar surface area (TPSA) is 96.7 Å². The van der Waals surface area contributed by atoms with Crippen molar-refractivity contribution in [2.75, 3.05) is 29.9 Å². The van der Waals surface area contributed by atoms with E-state index in [2.05, 4.69) is 57.7 Å². The lowest BCUT2D eigenvalue weighted by atomic mass is 9.73. The van der Waals surface area contributed by atoms with Gasteiger partial charge in [-0.15, -0.1) is 5.10 Å². The SMILES string of the molecule is CC1(C)CCCc2cc(Nc3nc4c(N5CCC6(CC5)CNC(=O)O6)nccn4n3)ccc21. The smallest absolute Gasteiger partial charge is 0.407 e. The van der Waals surface area contributed by atoms with Gasteiger partial charge in [0, 0.05) is 44.0 Å². The predicted molar refractivity (Wildman–Crippen MR) is 125 cm³/mol. The van der Waals surface area contributed by atoms with Gasteiger partial charge in [0.05, 0.1) is 6.54 Å². The summed E-state index contributed by atoms with van der Waals surface area (Å²) in [6.07, 6.45) is 8.34. The molecule has 2 fully saturated rings. The van der Waals surface area contributed by atoms with Gasteiger partial charge in [0.15, 0.2) is 11.5 Å². The van der Waals surface area contributed by atoms with Gasteiger partial charge < -0.3 is 20.3 Å². The number of rotatable bonds is 3. The Bertz CT molecular complexity index is 1230. The number of aryl methyl sites for hydroxylation is 1. The number of ether oxygens (including phenoxy) is 1. The number of nitrogens with zero attached hydrogens (tertiary/aromatic N) is 5. The van der Waals surface area contributed by atoms with Crippen molar-refractivity contribution in [3.8, 4) is 0 Å². The van der Waals surface area contributed by atoms with Crippen molar-refractivity contribution in [1.82, 2.24) is 24.9 Å². The van der Waals surface area contributed by atoms with Crippen LogP contribution in [0.4, 0.5) is 22.2 Å². The first-order chi connectivity index (χ1) is 15.9. The molecular formula is C24H29N7O2. The summed E-state index contributed by atoms with van der Waals surface area (Å²) < 4.78 is 7.32. The average molecular weight is 448 g/mol. The van der Waals surface area contributed by atoms with Crippen LogP contribution in [0, 0.1) is 0 Å². The van der Waals surface area contributed by atoms with E-state index in [0.717, 1.165) is 49.5 Å². The Kier molecular flexibility index (Phi) is 4.50.